The molecule has 6 nitrogen and oxygen atoms in total. The molecule has 2 amide bonds. The molecule has 2 aliphatic heterocycles. The second-order valence-electron chi connectivity index (χ2n) is 6.89. The summed E-state index contributed by atoms with van der Waals surface area (Å²) in [4.78, 5) is 34.8. The van der Waals surface area contributed by atoms with Crippen LogP contribution >= 0.6 is 22.7 Å². The third kappa shape index (κ3) is 4.39. The van der Waals surface area contributed by atoms with Crippen molar-refractivity contribution in [3.63, 3.8) is 0 Å². The molecule has 0 N–H and O–H groups in total. The van der Waals surface area contributed by atoms with Gasteiger partial charge in [-0.05, 0) is 24.3 Å². The van der Waals surface area contributed by atoms with Crippen LogP contribution in [0.25, 0.3) is 9.88 Å². The van der Waals surface area contributed by atoms with Crippen molar-refractivity contribution in [2.24, 2.45) is 5.92 Å². The first-order chi connectivity index (χ1) is 13.2. The van der Waals surface area contributed by atoms with E-state index in [1.54, 1.807) is 22.7 Å². The number of thiophene rings is 1. The standard InChI is InChI=1S/C19H23N3O3S2/c23-17(12-15-13-27-18(20-15)16-2-1-11-26-16)21-5-3-14(4-6-21)19(24)22-7-9-25-10-8-22/h1-2,11,13-14H,3-10,12H2. The Kier molecular flexibility index (Phi) is 5.85. The number of carbonyl (C=O) groups is 2. The van der Waals surface area contributed by atoms with E-state index < -0.39 is 0 Å². The fourth-order valence-electron chi connectivity index (χ4n) is 3.59. The molecule has 4 heterocycles. The van der Waals surface area contributed by atoms with E-state index in [2.05, 4.69) is 4.98 Å². The van der Waals surface area contributed by atoms with Crippen LogP contribution in [-0.4, -0.2) is 66.0 Å². The van der Waals surface area contributed by atoms with Gasteiger partial charge in [-0.3, -0.25) is 9.59 Å². The van der Waals surface area contributed by atoms with Gasteiger partial charge in [0.1, 0.15) is 5.01 Å². The first kappa shape index (κ1) is 18.6. The summed E-state index contributed by atoms with van der Waals surface area (Å²) in [5.74, 6) is 0.373. The molecule has 2 aliphatic rings. The number of piperidine rings is 1. The molecule has 2 saturated heterocycles. The van der Waals surface area contributed by atoms with Gasteiger partial charge in [0.2, 0.25) is 11.8 Å². The molecular weight excluding hydrogens is 382 g/mol. The number of carbonyl (C=O) groups excluding carboxylic acids is 2. The third-order valence-corrected chi connectivity index (χ3v) is 7.07. The van der Waals surface area contributed by atoms with Gasteiger partial charge in [-0.1, -0.05) is 6.07 Å². The fraction of sp³-hybridized carbons (Fsp3) is 0.526. The molecule has 0 radical (unpaired) electrons. The van der Waals surface area contributed by atoms with Gasteiger partial charge in [0, 0.05) is 37.5 Å². The van der Waals surface area contributed by atoms with Crippen LogP contribution in [-0.2, 0) is 20.7 Å². The van der Waals surface area contributed by atoms with Crippen LogP contribution in [0.5, 0.6) is 0 Å². The van der Waals surface area contributed by atoms with Gasteiger partial charge in [-0.15, -0.1) is 22.7 Å². The van der Waals surface area contributed by atoms with Gasteiger partial charge in [-0.25, -0.2) is 4.98 Å². The van der Waals surface area contributed by atoms with Crippen LogP contribution in [0.4, 0.5) is 0 Å². The number of nitrogens with zero attached hydrogens (tertiary/aromatic N) is 3. The number of thiazole rings is 1. The second kappa shape index (κ2) is 8.50. The predicted octanol–water partition coefficient (Wildman–Crippen LogP) is 2.51. The number of hydrogen-bond donors (Lipinski definition) is 0. The van der Waals surface area contributed by atoms with Crippen molar-refractivity contribution in [2.45, 2.75) is 19.3 Å². The highest BCUT2D eigenvalue weighted by Crippen LogP contribution is 2.28. The lowest BCUT2D eigenvalue weighted by atomic mass is 9.95. The van der Waals surface area contributed by atoms with Crippen molar-refractivity contribution in [3.05, 3.63) is 28.6 Å². The largest absolute Gasteiger partial charge is 0.378 e. The van der Waals surface area contributed by atoms with E-state index in [-0.39, 0.29) is 17.7 Å². The number of amides is 2. The molecule has 0 aliphatic carbocycles. The summed E-state index contributed by atoms with van der Waals surface area (Å²) in [6.45, 7) is 3.94. The number of hydrogen-bond acceptors (Lipinski definition) is 6. The van der Waals surface area contributed by atoms with Crippen LogP contribution in [0.3, 0.4) is 0 Å². The predicted molar refractivity (Wildman–Crippen MR) is 106 cm³/mol. The first-order valence-corrected chi connectivity index (χ1v) is 11.1. The number of morpholine rings is 1. The average molecular weight is 406 g/mol. The Bertz CT molecular complexity index is 776. The zero-order valence-corrected chi connectivity index (χ0v) is 16.8. The van der Waals surface area contributed by atoms with Crippen LogP contribution in [0.2, 0.25) is 0 Å². The summed E-state index contributed by atoms with van der Waals surface area (Å²) in [5, 5.41) is 4.98. The third-order valence-electron chi connectivity index (χ3n) is 5.14. The highest BCUT2D eigenvalue weighted by atomic mass is 32.1. The van der Waals surface area contributed by atoms with E-state index in [0.29, 0.717) is 45.8 Å². The Hall–Kier alpha value is -1.77. The SMILES string of the molecule is O=C(Cc1csc(-c2cccs2)n1)N1CCC(C(=O)N2CCOCC2)CC1. The van der Waals surface area contributed by atoms with Crippen molar-refractivity contribution in [3.8, 4) is 9.88 Å². The molecule has 0 saturated carbocycles. The lowest BCUT2D eigenvalue weighted by Crippen LogP contribution is -2.47. The number of likely N-dealkylation sites (tertiary alicyclic amines) is 1. The Morgan fingerprint density at radius 2 is 1.89 bits per heavy atom. The molecule has 8 heteroatoms. The van der Waals surface area contributed by atoms with Gasteiger partial charge in [0.15, 0.2) is 0 Å². The van der Waals surface area contributed by atoms with Gasteiger partial charge in [0.25, 0.3) is 0 Å². The van der Waals surface area contributed by atoms with E-state index in [1.807, 2.05) is 32.7 Å². The summed E-state index contributed by atoms with van der Waals surface area (Å²) in [6, 6.07) is 4.06. The molecular formula is C19H23N3O3S2. The van der Waals surface area contributed by atoms with Gasteiger partial charge >= 0.3 is 0 Å². The molecule has 0 unspecified atom stereocenters. The maximum absolute atomic E-state index is 12.6. The van der Waals surface area contributed by atoms with Crippen molar-refractivity contribution in [2.75, 3.05) is 39.4 Å². The van der Waals surface area contributed by atoms with Gasteiger partial charge in [-0.2, -0.15) is 0 Å². The fourth-order valence-corrected chi connectivity index (χ4v) is 5.22. The van der Waals surface area contributed by atoms with E-state index in [9.17, 15) is 9.59 Å². The molecule has 4 rings (SSSR count). The molecule has 0 bridgehead atoms. The molecule has 0 spiro atoms. The quantitative estimate of drug-likeness (QED) is 0.784. The molecule has 144 valence electrons. The van der Waals surface area contributed by atoms with Crippen molar-refractivity contribution in [1.82, 2.24) is 14.8 Å². The van der Waals surface area contributed by atoms with Crippen molar-refractivity contribution < 1.29 is 14.3 Å². The van der Waals surface area contributed by atoms with E-state index >= 15 is 0 Å². The maximum Gasteiger partial charge on any atom is 0.228 e. The highest BCUT2D eigenvalue weighted by molar-refractivity contribution is 7.20. The summed E-state index contributed by atoms with van der Waals surface area (Å²) in [6.07, 6.45) is 1.84. The summed E-state index contributed by atoms with van der Waals surface area (Å²) >= 11 is 3.24. The van der Waals surface area contributed by atoms with Crippen LogP contribution < -0.4 is 0 Å². The van der Waals surface area contributed by atoms with Gasteiger partial charge in [0.05, 0.1) is 30.2 Å². The monoisotopic (exact) mass is 405 g/mol. The summed E-state index contributed by atoms with van der Waals surface area (Å²) in [7, 11) is 0. The van der Waals surface area contributed by atoms with E-state index in [1.165, 1.54) is 0 Å². The average Bonchev–Trinajstić information content (AvgIpc) is 3.40. The minimum Gasteiger partial charge on any atom is -0.378 e. The molecule has 2 aromatic heterocycles. The normalized spacial score (nSPS) is 18.7. The first-order valence-electron chi connectivity index (χ1n) is 9.33. The number of ether oxygens (including phenoxy) is 1. The minimum atomic E-state index is 0.0388. The summed E-state index contributed by atoms with van der Waals surface area (Å²) in [5.41, 5.74) is 0.833. The van der Waals surface area contributed by atoms with Crippen molar-refractivity contribution >= 4 is 34.5 Å². The molecule has 2 fully saturated rings. The highest BCUT2D eigenvalue weighted by Gasteiger charge is 2.31. The van der Waals surface area contributed by atoms with E-state index in [4.69, 9.17) is 4.74 Å². The number of aromatic nitrogens is 1. The Morgan fingerprint density at radius 1 is 1.11 bits per heavy atom. The Labute approximate surface area is 166 Å². The molecule has 0 aromatic carbocycles. The van der Waals surface area contributed by atoms with Crippen LogP contribution in [0, 0.1) is 5.92 Å². The lowest BCUT2D eigenvalue weighted by molar-refractivity contribution is -0.143. The van der Waals surface area contributed by atoms with Crippen LogP contribution in [0.15, 0.2) is 22.9 Å². The lowest BCUT2D eigenvalue weighted by Gasteiger charge is -2.35. The zero-order valence-electron chi connectivity index (χ0n) is 15.1. The van der Waals surface area contributed by atoms with Crippen molar-refractivity contribution in [1.29, 1.82) is 0 Å². The van der Waals surface area contributed by atoms with Crippen LogP contribution in [0.1, 0.15) is 18.5 Å². The molecule has 0 atom stereocenters. The topological polar surface area (TPSA) is 62.7 Å². The molecule has 2 aromatic rings. The Morgan fingerprint density at radius 3 is 2.59 bits per heavy atom. The molecule has 27 heavy (non-hydrogen) atoms. The van der Waals surface area contributed by atoms with E-state index in [0.717, 1.165) is 28.4 Å². The summed E-state index contributed by atoms with van der Waals surface area (Å²) < 4.78 is 5.32. The zero-order chi connectivity index (χ0) is 18.6. The smallest absolute Gasteiger partial charge is 0.228 e. The number of rotatable bonds is 4. The van der Waals surface area contributed by atoms with Gasteiger partial charge < -0.3 is 14.5 Å². The minimum absolute atomic E-state index is 0.0388. The Balaban J connectivity index is 1.28. The maximum atomic E-state index is 12.6. The second-order valence-corrected chi connectivity index (χ2v) is 8.70.